The van der Waals surface area contributed by atoms with Crippen LogP contribution in [-0.4, -0.2) is 19.7 Å². The smallest absolute Gasteiger partial charge is 0.383 e. The third kappa shape index (κ3) is 2.60. The van der Waals surface area contributed by atoms with E-state index in [-0.39, 0.29) is 5.57 Å². The monoisotopic (exact) mass is 304 g/mol. The van der Waals surface area contributed by atoms with Gasteiger partial charge in [0.15, 0.2) is 5.78 Å². The molecule has 0 amide bonds. The van der Waals surface area contributed by atoms with E-state index >= 15 is 0 Å². The fraction of sp³-hybridized carbons (Fsp3) is 0.0833. The zero-order valence-electron chi connectivity index (χ0n) is 9.72. The van der Waals surface area contributed by atoms with Crippen LogP contribution in [0.2, 0.25) is 0 Å². The van der Waals surface area contributed by atoms with E-state index in [9.17, 15) is 26.4 Å². The van der Waals surface area contributed by atoms with Crippen molar-refractivity contribution in [2.45, 2.75) is 5.51 Å². The number of carbonyl (C=O) groups excluding carboxylic acids is 1. The van der Waals surface area contributed by atoms with Crippen LogP contribution in [0.25, 0.3) is 11.6 Å². The molecule has 8 heteroatoms. The van der Waals surface area contributed by atoms with Gasteiger partial charge in [0.2, 0.25) is 0 Å². The van der Waals surface area contributed by atoms with E-state index in [0.29, 0.717) is 17.4 Å². The van der Waals surface area contributed by atoms with Crippen LogP contribution in [0.5, 0.6) is 0 Å². The molecule has 0 saturated carbocycles. The molecule has 0 unspecified atom stereocenters. The largest absolute Gasteiger partial charge is 0.534 e. The van der Waals surface area contributed by atoms with Crippen molar-refractivity contribution in [3.63, 3.8) is 0 Å². The number of carbonyl (C=O) groups is 1. The molecule has 1 aliphatic rings. The van der Waals surface area contributed by atoms with Gasteiger partial charge in [0.1, 0.15) is 6.26 Å². The summed E-state index contributed by atoms with van der Waals surface area (Å²) in [4.78, 5) is 11.6. The van der Waals surface area contributed by atoms with Crippen molar-refractivity contribution in [1.82, 2.24) is 0 Å². The molecule has 4 nitrogen and oxygen atoms in total. The number of halogens is 3. The zero-order valence-corrected chi connectivity index (χ0v) is 10.5. The normalized spacial score (nSPS) is 17.1. The molecule has 2 rings (SSSR count). The standard InChI is InChI=1S/C12H7F3O4S/c13-12(14,15)20(17,18)19-7-10-9-4-2-1-3-8(9)5-6-11(10)16/h1-7H. The minimum atomic E-state index is -5.78. The van der Waals surface area contributed by atoms with Crippen molar-refractivity contribution in [2.75, 3.05) is 0 Å². The summed E-state index contributed by atoms with van der Waals surface area (Å²) in [5, 5.41) is 0. The van der Waals surface area contributed by atoms with Crippen molar-refractivity contribution in [2.24, 2.45) is 0 Å². The zero-order chi connectivity index (χ0) is 15.0. The Hall–Kier alpha value is -2.09. The highest BCUT2D eigenvalue weighted by Crippen LogP contribution is 2.29. The SMILES string of the molecule is O=C1C=Cc2ccccc2C1=COS(=O)(=O)C(F)(F)F. The number of hydrogen-bond acceptors (Lipinski definition) is 4. The number of fused-ring (bicyclic) bond motifs is 1. The number of alkyl halides is 3. The summed E-state index contributed by atoms with van der Waals surface area (Å²) >= 11 is 0. The first-order valence-corrected chi connectivity index (χ1v) is 6.65. The first kappa shape index (κ1) is 14.3. The molecule has 0 spiro atoms. The van der Waals surface area contributed by atoms with E-state index in [0.717, 1.165) is 6.08 Å². The van der Waals surface area contributed by atoms with Gasteiger partial charge in [0.05, 0.1) is 5.57 Å². The average molecular weight is 304 g/mol. The third-order valence-electron chi connectivity index (χ3n) is 2.51. The molecule has 20 heavy (non-hydrogen) atoms. The Morgan fingerprint density at radius 1 is 1.10 bits per heavy atom. The summed E-state index contributed by atoms with van der Waals surface area (Å²) in [5.74, 6) is -0.638. The lowest BCUT2D eigenvalue weighted by molar-refractivity contribution is -0.109. The Morgan fingerprint density at radius 2 is 1.75 bits per heavy atom. The van der Waals surface area contributed by atoms with Gasteiger partial charge in [0.25, 0.3) is 0 Å². The number of hydrogen-bond donors (Lipinski definition) is 0. The van der Waals surface area contributed by atoms with E-state index in [1.165, 1.54) is 12.1 Å². The predicted molar refractivity (Wildman–Crippen MR) is 64.5 cm³/mol. The van der Waals surface area contributed by atoms with Gasteiger partial charge in [-0.2, -0.15) is 21.6 Å². The lowest BCUT2D eigenvalue weighted by Crippen LogP contribution is -2.24. The maximum atomic E-state index is 12.1. The quantitative estimate of drug-likeness (QED) is 0.364. The highest BCUT2D eigenvalue weighted by atomic mass is 32.2. The second kappa shape index (κ2) is 4.78. The first-order valence-electron chi connectivity index (χ1n) is 5.24. The van der Waals surface area contributed by atoms with Crippen LogP contribution in [0.4, 0.5) is 13.2 Å². The van der Waals surface area contributed by atoms with Gasteiger partial charge in [-0.1, -0.05) is 30.3 Å². The minimum Gasteiger partial charge on any atom is -0.383 e. The predicted octanol–water partition coefficient (Wildman–Crippen LogP) is 2.49. The van der Waals surface area contributed by atoms with E-state index in [1.54, 1.807) is 18.2 Å². The fourth-order valence-corrected chi connectivity index (χ4v) is 1.90. The Labute approximate surface area is 112 Å². The third-order valence-corrected chi connectivity index (χ3v) is 3.42. The molecule has 0 saturated heterocycles. The molecule has 0 heterocycles. The van der Waals surface area contributed by atoms with Gasteiger partial charge >= 0.3 is 15.6 Å². The molecule has 0 aliphatic heterocycles. The molecule has 1 aliphatic carbocycles. The molecule has 0 atom stereocenters. The molecular formula is C12H7F3O4S. The molecule has 0 N–H and O–H groups in total. The van der Waals surface area contributed by atoms with Gasteiger partial charge in [0, 0.05) is 0 Å². The van der Waals surface area contributed by atoms with Crippen LogP contribution in [0.1, 0.15) is 11.1 Å². The highest BCUT2D eigenvalue weighted by molar-refractivity contribution is 7.87. The van der Waals surface area contributed by atoms with Crippen LogP contribution in [0.3, 0.4) is 0 Å². The van der Waals surface area contributed by atoms with Crippen LogP contribution in [0, 0.1) is 0 Å². The molecule has 0 bridgehead atoms. The summed E-state index contributed by atoms with van der Waals surface area (Å²) in [5.41, 5.74) is -4.92. The van der Waals surface area contributed by atoms with Crippen molar-refractivity contribution >= 4 is 27.6 Å². The number of allylic oxidation sites excluding steroid dienone is 2. The van der Waals surface area contributed by atoms with Crippen LogP contribution < -0.4 is 0 Å². The lowest BCUT2D eigenvalue weighted by Gasteiger charge is -2.13. The molecule has 1 aromatic carbocycles. The topological polar surface area (TPSA) is 60.4 Å². The van der Waals surface area contributed by atoms with Crippen molar-refractivity contribution in [3.05, 3.63) is 47.7 Å². The summed E-state index contributed by atoms with van der Waals surface area (Å²) in [6.45, 7) is 0. The van der Waals surface area contributed by atoms with Crippen molar-refractivity contribution in [3.8, 4) is 0 Å². The molecule has 106 valence electrons. The Bertz CT molecular complexity index is 714. The van der Waals surface area contributed by atoms with Gasteiger partial charge in [-0.25, -0.2) is 0 Å². The maximum Gasteiger partial charge on any atom is 0.534 e. The Kier molecular flexibility index (Phi) is 3.43. The summed E-state index contributed by atoms with van der Waals surface area (Å²) in [6.07, 6.45) is 2.92. The van der Waals surface area contributed by atoms with E-state index in [1.807, 2.05) is 0 Å². The molecule has 0 aromatic heterocycles. The summed E-state index contributed by atoms with van der Waals surface area (Å²) in [7, 11) is -5.78. The number of benzene rings is 1. The Morgan fingerprint density at radius 3 is 2.40 bits per heavy atom. The highest BCUT2D eigenvalue weighted by Gasteiger charge is 2.48. The lowest BCUT2D eigenvalue weighted by atomic mass is 9.92. The molecule has 0 fully saturated rings. The number of rotatable bonds is 2. The molecule has 1 aromatic rings. The minimum absolute atomic E-state index is 0.254. The Balaban J connectivity index is 2.41. The van der Waals surface area contributed by atoms with Gasteiger partial charge in [-0.15, -0.1) is 0 Å². The fourth-order valence-electron chi connectivity index (χ4n) is 1.56. The average Bonchev–Trinajstić information content (AvgIpc) is 2.36. The van der Waals surface area contributed by atoms with Crippen LogP contribution in [0.15, 0.2) is 36.6 Å². The van der Waals surface area contributed by atoms with Gasteiger partial charge < -0.3 is 4.18 Å². The number of ketones is 1. The summed E-state index contributed by atoms with van der Waals surface area (Å²) < 4.78 is 61.8. The van der Waals surface area contributed by atoms with E-state index in [4.69, 9.17) is 0 Å². The van der Waals surface area contributed by atoms with Gasteiger partial charge in [-0.3, -0.25) is 4.79 Å². The first-order chi connectivity index (χ1) is 9.22. The van der Waals surface area contributed by atoms with Crippen LogP contribution in [-0.2, 0) is 19.1 Å². The summed E-state index contributed by atoms with van der Waals surface area (Å²) in [6, 6.07) is 6.35. The second-order valence-electron chi connectivity index (χ2n) is 3.81. The van der Waals surface area contributed by atoms with Crippen LogP contribution >= 0.6 is 0 Å². The van der Waals surface area contributed by atoms with Crippen molar-refractivity contribution < 1.29 is 30.6 Å². The van der Waals surface area contributed by atoms with E-state index < -0.39 is 21.4 Å². The van der Waals surface area contributed by atoms with E-state index in [2.05, 4.69) is 4.18 Å². The molecule has 0 radical (unpaired) electrons. The van der Waals surface area contributed by atoms with Gasteiger partial charge in [-0.05, 0) is 17.2 Å². The second-order valence-corrected chi connectivity index (χ2v) is 5.38. The van der Waals surface area contributed by atoms with Crippen molar-refractivity contribution in [1.29, 1.82) is 0 Å². The maximum absolute atomic E-state index is 12.1. The molecular weight excluding hydrogens is 297 g/mol.